The van der Waals surface area contributed by atoms with Crippen LogP contribution in [0.4, 0.5) is 38.0 Å². The highest BCUT2D eigenvalue weighted by Gasteiger charge is 2.27. The number of nitrogens with two attached hydrogens (primary N) is 3. The number of esters is 1. The van der Waals surface area contributed by atoms with E-state index < -0.39 is 49.5 Å². The molecule has 0 fully saturated rings. The number of nitrogens with zero attached hydrogens (tertiary/aromatic N) is 4. The molecule has 2 heterocycles. The van der Waals surface area contributed by atoms with Gasteiger partial charge in [0.05, 0.1) is 10.1 Å². The number of hydrogen-bond acceptors (Lipinski definition) is 10. The molecule has 21 heteroatoms. The highest BCUT2D eigenvalue weighted by Crippen LogP contribution is 2.21. The standard InChI is InChI=1S/C30H40F6N10O3S2/c31-29(32,33)18-41-27(38)45-21-9-6-11-24(43-21)50-16-4-1-3-15-40-23(47)13-14-26(48)49-20(37)8-2-5-17-51-25-12-7-10-22(44-25)46-28(39)42-19-30(34,35)36/h6-7,9-14,20H,1-5,8,15-19,37H2,(H,40,47)(H3,38,41,43,45)(H3,39,42,44,46)/b14-13-. The monoisotopic (exact) mass is 766 g/mol. The van der Waals surface area contributed by atoms with Crippen LogP contribution in [0.3, 0.4) is 0 Å². The van der Waals surface area contributed by atoms with Crippen LogP contribution >= 0.6 is 23.5 Å². The lowest BCUT2D eigenvalue weighted by molar-refractivity contribution is -0.143. The molecule has 1 atom stereocenters. The number of unbranched alkanes of at least 4 members (excludes halogenated alkanes) is 3. The minimum Gasteiger partial charge on any atom is -0.444 e. The van der Waals surface area contributed by atoms with Crippen LogP contribution in [0.1, 0.15) is 38.5 Å². The van der Waals surface area contributed by atoms with E-state index in [1.54, 1.807) is 36.4 Å². The molecule has 2 aromatic heterocycles. The predicted octanol–water partition coefficient (Wildman–Crippen LogP) is 4.78. The topological polar surface area (TPSA) is 208 Å². The summed E-state index contributed by atoms with van der Waals surface area (Å²) in [5.74, 6) is -0.0798. The van der Waals surface area contributed by atoms with Gasteiger partial charge in [0.1, 0.15) is 24.7 Å². The van der Waals surface area contributed by atoms with Gasteiger partial charge < -0.3 is 32.2 Å². The van der Waals surface area contributed by atoms with Gasteiger partial charge in [0.25, 0.3) is 0 Å². The Hall–Kier alpha value is -4.24. The van der Waals surface area contributed by atoms with Crippen molar-refractivity contribution in [3.8, 4) is 0 Å². The van der Waals surface area contributed by atoms with E-state index in [4.69, 9.17) is 21.9 Å². The van der Waals surface area contributed by atoms with Crippen molar-refractivity contribution in [2.24, 2.45) is 27.2 Å². The summed E-state index contributed by atoms with van der Waals surface area (Å²) >= 11 is 2.88. The molecule has 0 spiro atoms. The zero-order valence-electron chi connectivity index (χ0n) is 27.3. The fraction of sp³-hybridized carbons (Fsp3) is 0.467. The smallest absolute Gasteiger partial charge is 0.408 e. The van der Waals surface area contributed by atoms with Crippen LogP contribution in [0.5, 0.6) is 0 Å². The van der Waals surface area contributed by atoms with Gasteiger partial charge in [0.15, 0.2) is 18.1 Å². The predicted molar refractivity (Wildman–Crippen MR) is 186 cm³/mol. The van der Waals surface area contributed by atoms with Gasteiger partial charge in [-0.2, -0.15) is 26.3 Å². The molecular weight excluding hydrogens is 727 g/mol. The van der Waals surface area contributed by atoms with Crippen molar-refractivity contribution in [3.63, 3.8) is 0 Å². The number of nitrogens with one attached hydrogen (secondary N) is 3. The number of hydrogen-bond donors (Lipinski definition) is 6. The number of guanidine groups is 2. The van der Waals surface area contributed by atoms with Gasteiger partial charge in [-0.3, -0.25) is 10.5 Å². The molecule has 13 nitrogen and oxygen atoms in total. The third-order valence-electron chi connectivity index (χ3n) is 5.96. The number of rotatable bonds is 20. The Kier molecular flexibility index (Phi) is 19.0. The second kappa shape index (κ2) is 22.6. The summed E-state index contributed by atoms with van der Waals surface area (Å²) in [5, 5.41) is 9.02. The van der Waals surface area contributed by atoms with E-state index in [1.165, 1.54) is 23.5 Å². The van der Waals surface area contributed by atoms with Crippen LogP contribution in [-0.2, 0) is 14.3 Å². The van der Waals surface area contributed by atoms with Crippen LogP contribution in [0, 0.1) is 0 Å². The lowest BCUT2D eigenvalue weighted by Crippen LogP contribution is -2.27. The number of thioether (sulfide) groups is 2. The lowest BCUT2D eigenvalue weighted by atomic mass is 10.2. The molecule has 0 aliphatic carbocycles. The molecule has 0 saturated heterocycles. The lowest BCUT2D eigenvalue weighted by Gasteiger charge is -2.11. The average Bonchev–Trinajstić information content (AvgIpc) is 3.04. The molecule has 9 N–H and O–H groups in total. The van der Waals surface area contributed by atoms with E-state index in [1.807, 2.05) is 0 Å². The fourth-order valence-corrected chi connectivity index (χ4v) is 5.48. The number of carbonyl (C=O) groups excluding carboxylic acids is 2. The maximum Gasteiger partial charge on any atom is 0.408 e. The van der Waals surface area contributed by atoms with Crippen LogP contribution < -0.4 is 33.2 Å². The number of amides is 1. The highest BCUT2D eigenvalue weighted by molar-refractivity contribution is 7.99. The van der Waals surface area contributed by atoms with Crippen molar-refractivity contribution < 1.29 is 40.7 Å². The number of pyridine rings is 2. The number of aliphatic imine (C=N–C) groups is 2. The highest BCUT2D eigenvalue weighted by atomic mass is 32.2. The van der Waals surface area contributed by atoms with Crippen molar-refractivity contribution in [2.45, 2.75) is 67.2 Å². The molecule has 0 saturated carbocycles. The van der Waals surface area contributed by atoms with E-state index >= 15 is 0 Å². The third-order valence-corrected chi connectivity index (χ3v) is 7.99. The maximum atomic E-state index is 12.3. The number of carbonyl (C=O) groups is 2. The minimum absolute atomic E-state index is 0.257. The van der Waals surface area contributed by atoms with Crippen molar-refractivity contribution >= 4 is 59.0 Å². The molecule has 0 bridgehead atoms. The van der Waals surface area contributed by atoms with Crippen molar-refractivity contribution in [1.82, 2.24) is 15.3 Å². The molecule has 282 valence electrons. The average molecular weight is 767 g/mol. The summed E-state index contributed by atoms with van der Waals surface area (Å²) in [5.41, 5.74) is 16.8. The fourth-order valence-electron chi connectivity index (χ4n) is 3.69. The Morgan fingerprint density at radius 3 is 1.80 bits per heavy atom. The Balaban J connectivity index is 1.54. The van der Waals surface area contributed by atoms with Crippen LogP contribution in [-0.4, -0.2) is 83.5 Å². The van der Waals surface area contributed by atoms with Crippen LogP contribution in [0.2, 0.25) is 0 Å². The van der Waals surface area contributed by atoms with Gasteiger partial charge in [-0.15, -0.1) is 23.5 Å². The van der Waals surface area contributed by atoms with Crippen molar-refractivity contribution in [1.29, 1.82) is 0 Å². The van der Waals surface area contributed by atoms with Crippen molar-refractivity contribution in [3.05, 3.63) is 48.6 Å². The molecule has 0 aliphatic heterocycles. The zero-order chi connectivity index (χ0) is 37.7. The molecule has 1 amide bonds. The van der Waals surface area contributed by atoms with Gasteiger partial charge in [-0.05, 0) is 67.9 Å². The first-order valence-corrected chi connectivity index (χ1v) is 17.4. The summed E-state index contributed by atoms with van der Waals surface area (Å²) in [6.45, 7) is -2.39. The second-order valence-electron chi connectivity index (χ2n) is 10.5. The van der Waals surface area contributed by atoms with E-state index in [0.29, 0.717) is 48.0 Å². The second-order valence-corrected chi connectivity index (χ2v) is 12.7. The Labute approximate surface area is 299 Å². The molecule has 0 aromatic carbocycles. The van der Waals surface area contributed by atoms with E-state index in [9.17, 15) is 35.9 Å². The number of halogens is 6. The molecule has 1 unspecified atom stereocenters. The van der Waals surface area contributed by atoms with E-state index in [2.05, 4.69) is 35.9 Å². The minimum atomic E-state index is -4.46. The number of alkyl halides is 6. The number of ether oxygens (including phenoxy) is 1. The van der Waals surface area contributed by atoms with Gasteiger partial charge in [-0.25, -0.2) is 24.7 Å². The summed E-state index contributed by atoms with van der Waals surface area (Å²) in [7, 11) is 0. The van der Waals surface area contributed by atoms with Gasteiger partial charge in [0, 0.05) is 18.7 Å². The summed E-state index contributed by atoms with van der Waals surface area (Å²) in [4.78, 5) is 39.0. The van der Waals surface area contributed by atoms with Crippen LogP contribution in [0.15, 0.2) is 68.6 Å². The Morgan fingerprint density at radius 1 is 0.784 bits per heavy atom. The first-order chi connectivity index (χ1) is 24.1. The van der Waals surface area contributed by atoms with E-state index in [0.717, 1.165) is 30.7 Å². The third kappa shape index (κ3) is 22.2. The largest absolute Gasteiger partial charge is 0.444 e. The molecule has 0 radical (unpaired) electrons. The van der Waals surface area contributed by atoms with E-state index in [-0.39, 0.29) is 17.6 Å². The summed E-state index contributed by atoms with van der Waals surface area (Å²) in [6, 6.07) is 9.98. The molecular formula is C30H40F6N10O3S2. The quantitative estimate of drug-likeness (QED) is 0.0157. The zero-order valence-corrected chi connectivity index (χ0v) is 28.9. The first kappa shape index (κ1) is 42.9. The molecule has 2 rings (SSSR count). The number of aromatic nitrogens is 2. The summed E-state index contributed by atoms with van der Waals surface area (Å²) in [6.07, 6.45) is -3.64. The maximum absolute atomic E-state index is 12.3. The van der Waals surface area contributed by atoms with Crippen molar-refractivity contribution in [2.75, 3.05) is 41.8 Å². The molecule has 0 aliphatic rings. The molecule has 51 heavy (non-hydrogen) atoms. The Bertz CT molecular complexity index is 1480. The normalized spacial score (nSPS) is 13.2. The first-order valence-electron chi connectivity index (χ1n) is 15.5. The Morgan fingerprint density at radius 2 is 1.29 bits per heavy atom. The van der Waals surface area contributed by atoms with Gasteiger partial charge >= 0.3 is 18.3 Å². The SMILES string of the molecule is NC(=NCC(F)(F)F)Nc1cccc(SCCCCCNC(=O)/C=C\C(=O)OC(N)CCCCSc2cccc(NC(N)=NCC(F)(F)F)n2)n1. The number of anilines is 2. The van der Waals surface area contributed by atoms with Gasteiger partial charge in [-0.1, -0.05) is 18.6 Å². The van der Waals surface area contributed by atoms with Gasteiger partial charge in [0.2, 0.25) is 5.91 Å². The van der Waals surface area contributed by atoms with Crippen LogP contribution in [0.25, 0.3) is 0 Å². The summed E-state index contributed by atoms with van der Waals surface area (Å²) < 4.78 is 78.7. The molecule has 2 aromatic rings.